The summed E-state index contributed by atoms with van der Waals surface area (Å²) in [5.41, 5.74) is 0.499. The quantitative estimate of drug-likeness (QED) is 0.532. The predicted octanol–water partition coefficient (Wildman–Crippen LogP) is 3.39. The van der Waals surface area contributed by atoms with E-state index in [1.54, 1.807) is 19.1 Å². The summed E-state index contributed by atoms with van der Waals surface area (Å²) in [6, 6.07) is 6.11. The molecule has 0 saturated heterocycles. The van der Waals surface area contributed by atoms with Gasteiger partial charge < -0.3 is 10.2 Å². The van der Waals surface area contributed by atoms with Gasteiger partial charge in [0.25, 0.3) is 5.69 Å². The normalized spacial score (nSPS) is 11.0. The highest BCUT2D eigenvalue weighted by Crippen LogP contribution is 2.38. The van der Waals surface area contributed by atoms with Crippen molar-refractivity contribution in [1.29, 1.82) is 0 Å². The van der Waals surface area contributed by atoms with Gasteiger partial charge in [0, 0.05) is 17.8 Å². The number of halogens is 1. The Balaban J connectivity index is 2.58. The van der Waals surface area contributed by atoms with Gasteiger partial charge in [-0.25, -0.2) is 0 Å². The lowest BCUT2D eigenvalue weighted by Gasteiger charge is -2.17. The number of rotatable bonds is 3. The third kappa shape index (κ3) is 2.87. The summed E-state index contributed by atoms with van der Waals surface area (Å²) >= 11 is 6.07. The average Bonchev–Trinajstić information content (AvgIpc) is 2.45. The molecule has 0 aliphatic rings. The lowest BCUT2D eigenvalue weighted by atomic mass is 10.0. The minimum Gasteiger partial charge on any atom is -0.867 e. The molecule has 114 valence electrons. The Morgan fingerprint density at radius 3 is 2.59 bits per heavy atom. The van der Waals surface area contributed by atoms with Gasteiger partial charge in [-0.3, -0.25) is 15.1 Å². The average molecular weight is 320 g/mol. The highest BCUT2D eigenvalue weighted by Gasteiger charge is 2.20. The van der Waals surface area contributed by atoms with E-state index in [0.717, 1.165) is 0 Å². The second kappa shape index (κ2) is 6.03. The van der Waals surface area contributed by atoms with Crippen LogP contribution in [-0.2, 0) is 0 Å². The Morgan fingerprint density at radius 2 is 2.00 bits per heavy atom. The molecule has 22 heavy (non-hydrogen) atoms. The van der Waals surface area contributed by atoms with Crippen LogP contribution in [0.25, 0.3) is 0 Å². The number of hydrogen-bond donors (Lipinski definition) is 1. The molecule has 2 rings (SSSR count). The van der Waals surface area contributed by atoms with Crippen LogP contribution in [0.5, 0.6) is 11.5 Å². The van der Waals surface area contributed by atoms with Gasteiger partial charge in [0.2, 0.25) is 0 Å². The lowest BCUT2D eigenvalue weighted by molar-refractivity contribution is -0.398. The molecule has 0 atom stereocenters. The number of nitrogens with zero attached hydrogens (tertiary/aromatic N) is 2. The maximum absolute atomic E-state index is 12.3. The molecular formula is C15H12ClN2O4-. The van der Waals surface area contributed by atoms with E-state index >= 15 is 0 Å². The molecule has 0 radical (unpaired) electrons. The number of phenolic OH excluding ortho intramolecular Hbond substituents is 1. The first kappa shape index (κ1) is 15.8. The first-order valence-corrected chi connectivity index (χ1v) is 6.68. The molecule has 0 aliphatic carbocycles. The van der Waals surface area contributed by atoms with E-state index in [4.69, 9.17) is 11.6 Å². The van der Waals surface area contributed by atoms with Gasteiger partial charge in [-0.2, -0.15) is 0 Å². The largest absolute Gasteiger partial charge is 0.867 e. The molecule has 0 saturated carbocycles. The molecule has 7 heteroatoms. The molecule has 0 aliphatic heterocycles. The van der Waals surface area contributed by atoms with Crippen LogP contribution in [0.4, 0.5) is 11.4 Å². The van der Waals surface area contributed by atoms with Gasteiger partial charge in [-0.15, -0.1) is 0 Å². The monoisotopic (exact) mass is 319 g/mol. The second-order valence-corrected chi connectivity index (χ2v) is 5.07. The third-order valence-electron chi connectivity index (χ3n) is 3.23. The summed E-state index contributed by atoms with van der Waals surface area (Å²) in [5.74, 6) is -0.699. The summed E-state index contributed by atoms with van der Waals surface area (Å²) in [6.45, 7) is 3.04. The van der Waals surface area contributed by atoms with E-state index in [-0.39, 0.29) is 21.9 Å². The van der Waals surface area contributed by atoms with Crippen LogP contribution in [0.15, 0.2) is 29.3 Å². The van der Waals surface area contributed by atoms with Crippen molar-refractivity contribution in [2.45, 2.75) is 13.8 Å². The van der Waals surface area contributed by atoms with Crippen LogP contribution in [0.2, 0.25) is 5.02 Å². The number of hydrogen-bond acceptors (Lipinski definition) is 5. The number of benzene rings is 2. The van der Waals surface area contributed by atoms with Crippen LogP contribution in [0.3, 0.4) is 0 Å². The minimum atomic E-state index is -0.741. The summed E-state index contributed by atoms with van der Waals surface area (Å²) < 4.78 is 0. The fourth-order valence-electron chi connectivity index (χ4n) is 2.06. The second-order valence-electron chi connectivity index (χ2n) is 4.69. The van der Waals surface area contributed by atoms with Crippen molar-refractivity contribution in [3.63, 3.8) is 0 Å². The van der Waals surface area contributed by atoms with Gasteiger partial charge in [0.15, 0.2) is 0 Å². The highest BCUT2D eigenvalue weighted by atomic mass is 35.5. The van der Waals surface area contributed by atoms with Crippen molar-refractivity contribution in [2.75, 3.05) is 0 Å². The Morgan fingerprint density at radius 1 is 1.32 bits per heavy atom. The van der Waals surface area contributed by atoms with Gasteiger partial charge in [-0.1, -0.05) is 17.7 Å². The molecule has 0 spiro atoms. The van der Waals surface area contributed by atoms with Crippen LogP contribution in [0.1, 0.15) is 16.7 Å². The molecule has 0 unspecified atom stereocenters. The number of aliphatic imine (C=N–C) groups is 1. The minimum absolute atomic E-state index is 0.0293. The van der Waals surface area contributed by atoms with Crippen LogP contribution >= 0.6 is 11.6 Å². The summed E-state index contributed by atoms with van der Waals surface area (Å²) in [5, 5.41) is 32.8. The van der Waals surface area contributed by atoms with E-state index in [1.807, 2.05) is 0 Å². The molecule has 0 aromatic heterocycles. The molecule has 2 aromatic carbocycles. The standard InChI is InChI=1S/C15H13ClN2O4/c1-8-12(7-17-10-4-3-5-11(19)6-10)15(20)14(18(21)22)9(2)13(8)16/h3-7,19-20H,1-2H3/p-1. The fraction of sp³-hybridized carbons (Fsp3) is 0.133. The van der Waals surface area contributed by atoms with E-state index in [9.17, 15) is 20.3 Å². The van der Waals surface area contributed by atoms with E-state index in [0.29, 0.717) is 11.3 Å². The van der Waals surface area contributed by atoms with Gasteiger partial charge in [-0.05, 0) is 42.9 Å². The maximum Gasteiger partial charge on any atom is 0.266 e. The summed E-state index contributed by atoms with van der Waals surface area (Å²) in [6.07, 6.45) is 1.23. The first-order chi connectivity index (χ1) is 10.3. The first-order valence-electron chi connectivity index (χ1n) is 6.30. The van der Waals surface area contributed by atoms with E-state index in [1.165, 1.54) is 25.3 Å². The molecule has 0 fully saturated rings. The van der Waals surface area contributed by atoms with Crippen LogP contribution in [0, 0.1) is 24.0 Å². The number of nitro benzene ring substituents is 1. The van der Waals surface area contributed by atoms with Gasteiger partial charge >= 0.3 is 0 Å². The zero-order valence-electron chi connectivity index (χ0n) is 11.8. The molecule has 1 N–H and O–H groups in total. The Labute approximate surface area is 131 Å². The number of phenols is 1. The van der Waals surface area contributed by atoms with Crippen molar-refractivity contribution in [1.82, 2.24) is 0 Å². The number of aromatic hydroxyl groups is 1. The lowest BCUT2D eigenvalue weighted by Crippen LogP contribution is -2.07. The van der Waals surface area contributed by atoms with Gasteiger partial charge in [0.05, 0.1) is 15.6 Å². The topological polar surface area (TPSA) is 98.8 Å². The Kier molecular flexibility index (Phi) is 4.32. The molecule has 6 nitrogen and oxygen atoms in total. The van der Waals surface area contributed by atoms with Crippen LogP contribution in [-0.4, -0.2) is 16.2 Å². The van der Waals surface area contributed by atoms with Crippen molar-refractivity contribution in [2.24, 2.45) is 4.99 Å². The maximum atomic E-state index is 12.3. The zero-order chi connectivity index (χ0) is 16.4. The van der Waals surface area contributed by atoms with Crippen molar-refractivity contribution in [3.8, 4) is 11.5 Å². The number of nitro groups is 1. The zero-order valence-corrected chi connectivity index (χ0v) is 12.6. The highest BCUT2D eigenvalue weighted by molar-refractivity contribution is 6.33. The Bertz CT molecular complexity index is 788. The third-order valence-corrected chi connectivity index (χ3v) is 3.80. The van der Waals surface area contributed by atoms with E-state index in [2.05, 4.69) is 4.99 Å². The fourth-order valence-corrected chi connectivity index (χ4v) is 2.25. The molecule has 2 aromatic rings. The molecule has 0 amide bonds. The summed E-state index contributed by atoms with van der Waals surface area (Å²) in [4.78, 5) is 14.4. The smallest absolute Gasteiger partial charge is 0.266 e. The van der Waals surface area contributed by atoms with Crippen molar-refractivity contribution in [3.05, 3.63) is 56.1 Å². The van der Waals surface area contributed by atoms with Gasteiger partial charge in [0.1, 0.15) is 5.75 Å². The molecular weight excluding hydrogens is 308 g/mol. The molecule has 0 bridgehead atoms. The van der Waals surface area contributed by atoms with Crippen molar-refractivity contribution >= 4 is 29.2 Å². The van der Waals surface area contributed by atoms with Crippen LogP contribution < -0.4 is 5.11 Å². The van der Waals surface area contributed by atoms with E-state index < -0.39 is 16.4 Å². The molecule has 0 heterocycles. The summed E-state index contributed by atoms with van der Waals surface area (Å²) in [7, 11) is 0. The SMILES string of the molecule is Cc1c(Cl)c(C)c([N+](=O)[O-])c([O-])c1C=Nc1cccc(O)c1. The Hall–Kier alpha value is -2.60. The predicted molar refractivity (Wildman–Crippen MR) is 82.4 cm³/mol. The van der Waals surface area contributed by atoms with Crippen molar-refractivity contribution < 1.29 is 15.1 Å².